The lowest BCUT2D eigenvalue weighted by molar-refractivity contribution is -0.380. The Bertz CT molecular complexity index is 380. The van der Waals surface area contributed by atoms with Crippen LogP contribution in [0.5, 0.6) is 0 Å². The van der Waals surface area contributed by atoms with Gasteiger partial charge in [-0.2, -0.15) is 0 Å². The fourth-order valence-electron chi connectivity index (χ4n) is 0.957. The van der Waals surface area contributed by atoms with Gasteiger partial charge in [-0.3, -0.25) is 14.9 Å². The molecule has 0 aromatic carbocycles. The third-order valence-corrected chi connectivity index (χ3v) is 2.94. The molecule has 1 rings (SSSR count). The number of carbonyl (C=O) groups excluding carboxylic acids is 1. The van der Waals surface area contributed by atoms with E-state index >= 15 is 0 Å². The zero-order valence-corrected chi connectivity index (χ0v) is 9.55. The fourth-order valence-corrected chi connectivity index (χ4v) is 2.03. The van der Waals surface area contributed by atoms with E-state index in [1.807, 2.05) is 0 Å². The van der Waals surface area contributed by atoms with Crippen LogP contribution in [0.3, 0.4) is 0 Å². The minimum absolute atomic E-state index is 0.0300. The van der Waals surface area contributed by atoms with Gasteiger partial charge in [-0.25, -0.2) is 0 Å². The van der Waals surface area contributed by atoms with E-state index in [4.69, 9.17) is 11.6 Å². The molecule has 15 heavy (non-hydrogen) atoms. The van der Waals surface area contributed by atoms with Gasteiger partial charge in [0.25, 0.3) is 5.91 Å². The number of hydrogen-bond acceptors (Lipinski definition) is 4. The van der Waals surface area contributed by atoms with Crippen molar-refractivity contribution in [3.8, 4) is 0 Å². The van der Waals surface area contributed by atoms with Crippen LogP contribution in [0.2, 0.25) is 0 Å². The molecule has 0 atom stereocenters. The molecule has 0 bridgehead atoms. The predicted molar refractivity (Wildman–Crippen MR) is 58.7 cm³/mol. The van der Waals surface area contributed by atoms with Crippen molar-refractivity contribution in [2.75, 3.05) is 19.5 Å². The summed E-state index contributed by atoms with van der Waals surface area (Å²) >= 11 is 6.35. The van der Waals surface area contributed by atoms with Crippen molar-refractivity contribution in [1.29, 1.82) is 0 Å². The van der Waals surface area contributed by atoms with Crippen LogP contribution in [0.25, 0.3) is 0 Å². The molecule has 5 nitrogen and oxygen atoms in total. The monoisotopic (exact) mass is 248 g/mol. The molecule has 0 unspecified atom stereocenters. The van der Waals surface area contributed by atoms with Crippen molar-refractivity contribution in [2.45, 2.75) is 0 Å². The molecule has 1 heterocycles. The van der Waals surface area contributed by atoms with Gasteiger partial charge in [0.15, 0.2) is 0 Å². The maximum atomic E-state index is 11.6. The molecule has 0 saturated heterocycles. The van der Waals surface area contributed by atoms with Crippen LogP contribution in [0.15, 0.2) is 12.1 Å². The molecule has 0 aliphatic carbocycles. The second-order valence-corrected chi connectivity index (χ2v) is 4.25. The SMILES string of the molecule is CN(CCCl)C(=O)c1ccc([N+](=O)[O-])s1. The molecule has 0 aliphatic rings. The number of nitrogens with zero attached hydrogens (tertiary/aromatic N) is 2. The van der Waals surface area contributed by atoms with Crippen molar-refractivity contribution < 1.29 is 9.72 Å². The van der Waals surface area contributed by atoms with E-state index in [1.165, 1.54) is 17.0 Å². The van der Waals surface area contributed by atoms with Crippen molar-refractivity contribution in [3.63, 3.8) is 0 Å². The Kier molecular flexibility index (Phi) is 4.05. The molecular formula is C8H9ClN2O3S. The first-order valence-corrected chi connectivity index (χ1v) is 5.47. The van der Waals surface area contributed by atoms with Crippen LogP contribution in [0, 0.1) is 10.1 Å². The van der Waals surface area contributed by atoms with Crippen LogP contribution in [-0.2, 0) is 0 Å². The highest BCUT2D eigenvalue weighted by atomic mass is 35.5. The second-order valence-electron chi connectivity index (χ2n) is 2.81. The Morgan fingerprint density at radius 1 is 1.67 bits per heavy atom. The van der Waals surface area contributed by atoms with Crippen molar-refractivity contribution in [1.82, 2.24) is 4.90 Å². The molecule has 0 saturated carbocycles. The molecule has 82 valence electrons. The molecule has 1 aromatic rings. The number of amides is 1. The van der Waals surface area contributed by atoms with Crippen LogP contribution >= 0.6 is 22.9 Å². The van der Waals surface area contributed by atoms with E-state index in [2.05, 4.69) is 0 Å². The average Bonchev–Trinajstić information content (AvgIpc) is 2.65. The van der Waals surface area contributed by atoms with Crippen molar-refractivity contribution in [2.24, 2.45) is 0 Å². The van der Waals surface area contributed by atoms with Gasteiger partial charge in [-0.15, -0.1) is 11.6 Å². The molecular weight excluding hydrogens is 240 g/mol. The van der Waals surface area contributed by atoms with Gasteiger partial charge < -0.3 is 4.90 Å². The number of hydrogen-bond donors (Lipinski definition) is 0. The number of halogens is 1. The summed E-state index contributed by atoms with van der Waals surface area (Å²) in [7, 11) is 1.61. The lowest BCUT2D eigenvalue weighted by atomic mass is 10.4. The lowest BCUT2D eigenvalue weighted by Gasteiger charge is -2.13. The third kappa shape index (κ3) is 2.90. The highest BCUT2D eigenvalue weighted by Crippen LogP contribution is 2.24. The van der Waals surface area contributed by atoms with E-state index in [1.54, 1.807) is 7.05 Å². The smallest absolute Gasteiger partial charge is 0.324 e. The van der Waals surface area contributed by atoms with E-state index in [0.717, 1.165) is 11.3 Å². The summed E-state index contributed by atoms with van der Waals surface area (Å²) in [6, 6.07) is 2.78. The van der Waals surface area contributed by atoms with E-state index in [9.17, 15) is 14.9 Å². The van der Waals surface area contributed by atoms with Crippen LogP contribution in [0.1, 0.15) is 9.67 Å². The Morgan fingerprint density at radius 3 is 2.80 bits per heavy atom. The molecule has 1 aromatic heterocycles. The summed E-state index contributed by atoms with van der Waals surface area (Å²) < 4.78 is 0. The zero-order valence-electron chi connectivity index (χ0n) is 7.97. The van der Waals surface area contributed by atoms with Crippen molar-refractivity contribution in [3.05, 3.63) is 27.1 Å². The molecule has 0 N–H and O–H groups in total. The van der Waals surface area contributed by atoms with Gasteiger partial charge in [-0.05, 0) is 6.07 Å². The molecule has 0 aliphatic heterocycles. The minimum atomic E-state index is -0.511. The molecule has 0 spiro atoms. The van der Waals surface area contributed by atoms with Crippen molar-refractivity contribution >= 4 is 33.8 Å². The van der Waals surface area contributed by atoms with Gasteiger partial charge in [0.05, 0.1) is 9.80 Å². The molecule has 1 amide bonds. The van der Waals surface area contributed by atoms with Crippen LogP contribution in [-0.4, -0.2) is 35.2 Å². The first kappa shape index (κ1) is 11.9. The average molecular weight is 249 g/mol. The highest BCUT2D eigenvalue weighted by Gasteiger charge is 2.17. The summed E-state index contributed by atoms with van der Waals surface area (Å²) in [6.07, 6.45) is 0. The maximum Gasteiger partial charge on any atom is 0.324 e. The number of carbonyl (C=O) groups is 1. The summed E-state index contributed by atoms with van der Waals surface area (Å²) in [5, 5.41) is 10.4. The summed E-state index contributed by atoms with van der Waals surface area (Å²) in [4.78, 5) is 23.3. The summed E-state index contributed by atoms with van der Waals surface area (Å²) in [6.45, 7) is 0.423. The fraction of sp³-hybridized carbons (Fsp3) is 0.375. The molecule has 0 fully saturated rings. The molecule has 0 radical (unpaired) electrons. The Balaban J connectivity index is 2.78. The third-order valence-electron chi connectivity index (χ3n) is 1.75. The highest BCUT2D eigenvalue weighted by molar-refractivity contribution is 7.17. The topological polar surface area (TPSA) is 63.5 Å². The largest absolute Gasteiger partial charge is 0.340 e. The van der Waals surface area contributed by atoms with Gasteiger partial charge in [0, 0.05) is 25.5 Å². The quantitative estimate of drug-likeness (QED) is 0.465. The number of thiophene rings is 1. The lowest BCUT2D eigenvalue weighted by Crippen LogP contribution is -2.27. The Hall–Kier alpha value is -1.14. The van der Waals surface area contributed by atoms with Gasteiger partial charge in [0.2, 0.25) is 0 Å². The normalized spacial score (nSPS) is 10.0. The zero-order chi connectivity index (χ0) is 11.4. The van der Waals surface area contributed by atoms with Crippen LogP contribution < -0.4 is 0 Å². The number of alkyl halides is 1. The van der Waals surface area contributed by atoms with Crippen LogP contribution in [0.4, 0.5) is 5.00 Å². The van der Waals surface area contributed by atoms with Gasteiger partial charge in [-0.1, -0.05) is 11.3 Å². The van der Waals surface area contributed by atoms with Gasteiger partial charge in [0.1, 0.15) is 0 Å². The minimum Gasteiger partial charge on any atom is -0.340 e. The Labute approximate surface area is 95.4 Å². The summed E-state index contributed by atoms with van der Waals surface area (Å²) in [5.74, 6) is 0.101. The maximum absolute atomic E-state index is 11.6. The van der Waals surface area contributed by atoms with Gasteiger partial charge >= 0.3 is 5.00 Å². The first-order chi connectivity index (χ1) is 7.06. The second kappa shape index (κ2) is 5.09. The first-order valence-electron chi connectivity index (χ1n) is 4.12. The standard InChI is InChI=1S/C8H9ClN2O3S/c1-10(5-4-9)8(12)6-2-3-7(15-6)11(13)14/h2-3H,4-5H2,1H3. The van der Waals surface area contributed by atoms with E-state index in [0.29, 0.717) is 17.3 Å². The number of nitro groups is 1. The molecule has 7 heteroatoms. The Morgan fingerprint density at radius 2 is 2.33 bits per heavy atom. The van der Waals surface area contributed by atoms with E-state index in [-0.39, 0.29) is 10.9 Å². The number of rotatable bonds is 4. The van der Waals surface area contributed by atoms with E-state index < -0.39 is 4.92 Å². The predicted octanol–water partition coefficient (Wildman–Crippen LogP) is 1.97. The summed E-state index contributed by atoms with van der Waals surface area (Å²) in [5.41, 5.74) is 0.